The highest BCUT2D eigenvalue weighted by Crippen LogP contribution is 2.36. The van der Waals surface area contributed by atoms with E-state index in [0.29, 0.717) is 29.4 Å². The number of ether oxygens (including phenoxy) is 3. The molecule has 1 aliphatic heterocycles. The first-order chi connectivity index (χ1) is 12.9. The topological polar surface area (TPSA) is 77.4 Å². The van der Waals surface area contributed by atoms with E-state index in [2.05, 4.69) is 5.10 Å². The predicted molar refractivity (Wildman–Crippen MR) is 103 cm³/mol. The Balaban J connectivity index is 2.01. The Bertz CT molecular complexity index is 932. The Morgan fingerprint density at radius 3 is 1.96 bits per heavy atom. The number of rotatable bonds is 6. The van der Waals surface area contributed by atoms with Gasteiger partial charge in [0.2, 0.25) is 10.0 Å². The minimum Gasteiger partial charge on any atom is -0.497 e. The zero-order chi connectivity index (χ0) is 19.6. The molecule has 7 nitrogen and oxygen atoms in total. The van der Waals surface area contributed by atoms with Crippen LogP contribution in [-0.4, -0.2) is 46.1 Å². The van der Waals surface area contributed by atoms with Crippen molar-refractivity contribution in [3.05, 3.63) is 53.6 Å². The fourth-order valence-corrected chi connectivity index (χ4v) is 3.92. The van der Waals surface area contributed by atoms with E-state index < -0.39 is 16.1 Å². The van der Waals surface area contributed by atoms with Gasteiger partial charge in [-0.1, -0.05) is 12.1 Å². The maximum atomic E-state index is 12.3. The Morgan fingerprint density at radius 1 is 0.926 bits per heavy atom. The molecule has 0 bridgehead atoms. The quantitative estimate of drug-likeness (QED) is 0.758. The van der Waals surface area contributed by atoms with E-state index in [1.54, 1.807) is 27.4 Å². The lowest BCUT2D eigenvalue weighted by Gasteiger charge is -2.21. The van der Waals surface area contributed by atoms with Crippen molar-refractivity contribution in [1.29, 1.82) is 0 Å². The maximum absolute atomic E-state index is 12.3. The minimum absolute atomic E-state index is 0.418. The third-order valence-corrected chi connectivity index (χ3v) is 5.41. The standard InChI is InChI=1S/C19H22N2O5S/c1-24-15-7-5-13(6-8-15)19-12-18(20-21(19)27(4,22)23)14-9-16(25-2)11-17(10-14)26-3/h5-11,19H,12H2,1-4H3. The van der Waals surface area contributed by atoms with Crippen molar-refractivity contribution in [2.24, 2.45) is 5.10 Å². The van der Waals surface area contributed by atoms with Crippen molar-refractivity contribution in [3.8, 4) is 17.2 Å². The molecule has 1 unspecified atom stereocenters. The molecule has 2 aromatic rings. The number of benzene rings is 2. The van der Waals surface area contributed by atoms with Crippen LogP contribution >= 0.6 is 0 Å². The smallest absolute Gasteiger partial charge is 0.247 e. The summed E-state index contributed by atoms with van der Waals surface area (Å²) in [5.74, 6) is 1.94. The number of hydrogen-bond acceptors (Lipinski definition) is 6. The van der Waals surface area contributed by atoms with Crippen LogP contribution in [0.3, 0.4) is 0 Å². The predicted octanol–water partition coefficient (Wildman–Crippen LogP) is 2.82. The average molecular weight is 390 g/mol. The van der Waals surface area contributed by atoms with E-state index in [4.69, 9.17) is 14.2 Å². The van der Waals surface area contributed by atoms with Gasteiger partial charge >= 0.3 is 0 Å². The molecule has 8 heteroatoms. The average Bonchev–Trinajstić information content (AvgIpc) is 3.13. The van der Waals surface area contributed by atoms with Gasteiger partial charge in [-0.15, -0.1) is 0 Å². The van der Waals surface area contributed by atoms with Gasteiger partial charge in [-0.3, -0.25) is 0 Å². The van der Waals surface area contributed by atoms with Gasteiger partial charge in [-0.2, -0.15) is 9.52 Å². The first-order valence-electron chi connectivity index (χ1n) is 8.30. The van der Waals surface area contributed by atoms with E-state index in [0.717, 1.165) is 21.8 Å². The number of hydrazone groups is 1. The zero-order valence-electron chi connectivity index (χ0n) is 15.7. The van der Waals surface area contributed by atoms with Gasteiger partial charge in [0.15, 0.2) is 0 Å². The highest BCUT2D eigenvalue weighted by molar-refractivity contribution is 7.88. The van der Waals surface area contributed by atoms with Crippen LogP contribution in [0.5, 0.6) is 17.2 Å². The van der Waals surface area contributed by atoms with E-state index >= 15 is 0 Å². The highest BCUT2D eigenvalue weighted by Gasteiger charge is 2.34. The lowest BCUT2D eigenvalue weighted by atomic mass is 9.99. The summed E-state index contributed by atoms with van der Waals surface area (Å²) in [7, 11) is 1.19. The molecule has 0 saturated carbocycles. The zero-order valence-corrected chi connectivity index (χ0v) is 16.5. The third-order valence-electron chi connectivity index (χ3n) is 4.40. The first kappa shape index (κ1) is 19.0. The molecule has 0 aliphatic carbocycles. The summed E-state index contributed by atoms with van der Waals surface area (Å²) in [6, 6.07) is 12.3. The van der Waals surface area contributed by atoms with Gasteiger partial charge in [0, 0.05) is 18.1 Å². The molecule has 27 heavy (non-hydrogen) atoms. The summed E-state index contributed by atoms with van der Waals surface area (Å²) in [4.78, 5) is 0. The molecule has 1 aliphatic rings. The molecule has 0 fully saturated rings. The van der Waals surface area contributed by atoms with Crippen LogP contribution in [0.2, 0.25) is 0 Å². The molecule has 2 aromatic carbocycles. The van der Waals surface area contributed by atoms with Crippen LogP contribution in [0.15, 0.2) is 47.6 Å². The highest BCUT2D eigenvalue weighted by atomic mass is 32.2. The summed E-state index contributed by atoms with van der Waals surface area (Å²) >= 11 is 0. The molecule has 0 N–H and O–H groups in total. The largest absolute Gasteiger partial charge is 0.497 e. The fraction of sp³-hybridized carbons (Fsp3) is 0.316. The molecule has 0 aromatic heterocycles. The summed E-state index contributed by atoms with van der Waals surface area (Å²) in [5, 5.41) is 4.40. The second-order valence-electron chi connectivity index (χ2n) is 6.18. The van der Waals surface area contributed by atoms with Crippen molar-refractivity contribution in [2.45, 2.75) is 12.5 Å². The summed E-state index contributed by atoms with van der Waals surface area (Å²) in [5.41, 5.74) is 2.25. The van der Waals surface area contributed by atoms with Gasteiger partial charge in [-0.25, -0.2) is 8.42 Å². The molecule has 1 atom stereocenters. The summed E-state index contributed by atoms with van der Waals surface area (Å²) < 4.78 is 41.6. The van der Waals surface area contributed by atoms with Gasteiger partial charge < -0.3 is 14.2 Å². The van der Waals surface area contributed by atoms with Crippen LogP contribution in [0.4, 0.5) is 0 Å². The van der Waals surface area contributed by atoms with Gasteiger partial charge in [-0.05, 0) is 29.8 Å². The fourth-order valence-electron chi connectivity index (χ4n) is 3.02. The van der Waals surface area contributed by atoms with Crippen LogP contribution in [0.1, 0.15) is 23.6 Å². The molecule has 0 radical (unpaired) electrons. The van der Waals surface area contributed by atoms with Crippen molar-refractivity contribution in [3.63, 3.8) is 0 Å². The van der Waals surface area contributed by atoms with E-state index in [1.807, 2.05) is 36.4 Å². The van der Waals surface area contributed by atoms with E-state index in [9.17, 15) is 8.42 Å². The minimum atomic E-state index is -3.54. The van der Waals surface area contributed by atoms with Crippen LogP contribution in [0.25, 0.3) is 0 Å². The van der Waals surface area contributed by atoms with Crippen LogP contribution in [-0.2, 0) is 10.0 Å². The normalized spacial score (nSPS) is 16.8. The van der Waals surface area contributed by atoms with Gasteiger partial charge in [0.25, 0.3) is 0 Å². The van der Waals surface area contributed by atoms with Crippen molar-refractivity contribution in [2.75, 3.05) is 27.6 Å². The second-order valence-corrected chi connectivity index (χ2v) is 8.02. The van der Waals surface area contributed by atoms with Crippen molar-refractivity contribution >= 4 is 15.7 Å². The number of nitrogens with zero attached hydrogens (tertiary/aromatic N) is 2. The van der Waals surface area contributed by atoms with Crippen LogP contribution in [0, 0.1) is 0 Å². The Hall–Kier alpha value is -2.74. The molecular formula is C19H22N2O5S. The Labute approximate surface area is 159 Å². The molecule has 3 rings (SSSR count). The number of hydrogen-bond donors (Lipinski definition) is 0. The lowest BCUT2D eigenvalue weighted by molar-refractivity contribution is 0.374. The third kappa shape index (κ3) is 4.00. The van der Waals surface area contributed by atoms with Crippen LogP contribution < -0.4 is 14.2 Å². The molecular weight excluding hydrogens is 368 g/mol. The SMILES string of the molecule is COc1ccc(C2CC(c3cc(OC)cc(OC)c3)=NN2S(C)(=O)=O)cc1. The molecule has 1 heterocycles. The summed E-state index contributed by atoms with van der Waals surface area (Å²) in [6.07, 6.45) is 1.60. The lowest BCUT2D eigenvalue weighted by Crippen LogP contribution is -2.25. The van der Waals surface area contributed by atoms with Crippen molar-refractivity contribution < 1.29 is 22.6 Å². The summed E-state index contributed by atoms with van der Waals surface area (Å²) in [6.45, 7) is 0. The van der Waals surface area contributed by atoms with E-state index in [1.165, 1.54) is 0 Å². The molecule has 0 saturated heterocycles. The van der Waals surface area contributed by atoms with Gasteiger partial charge in [0.1, 0.15) is 17.2 Å². The van der Waals surface area contributed by atoms with E-state index in [-0.39, 0.29) is 0 Å². The first-order valence-corrected chi connectivity index (χ1v) is 10.1. The maximum Gasteiger partial charge on any atom is 0.247 e. The molecule has 0 spiro atoms. The number of sulfonamides is 1. The Kier molecular flexibility index (Phi) is 5.27. The second kappa shape index (κ2) is 7.48. The van der Waals surface area contributed by atoms with Gasteiger partial charge in [0.05, 0.1) is 39.3 Å². The monoisotopic (exact) mass is 390 g/mol. The molecule has 0 amide bonds. The van der Waals surface area contributed by atoms with Crippen molar-refractivity contribution in [1.82, 2.24) is 4.41 Å². The number of methoxy groups -OCH3 is 3. The molecule has 144 valence electrons. The Morgan fingerprint density at radius 2 is 1.48 bits per heavy atom.